The van der Waals surface area contributed by atoms with E-state index in [0.29, 0.717) is 22.6 Å². The summed E-state index contributed by atoms with van der Waals surface area (Å²) in [4.78, 5) is 34.6. The summed E-state index contributed by atoms with van der Waals surface area (Å²) in [5.74, 6) is 1.34. The third kappa shape index (κ3) is 6.90. The van der Waals surface area contributed by atoms with Crippen LogP contribution in [0.4, 0.5) is 16.2 Å². The number of ether oxygens (including phenoxy) is 4. The third-order valence-electron chi connectivity index (χ3n) is 5.95. The smallest absolute Gasteiger partial charge is 0.497 e. The average molecular weight is 545 g/mol. The van der Waals surface area contributed by atoms with Gasteiger partial charge in [-0.05, 0) is 47.5 Å². The predicted molar refractivity (Wildman–Crippen MR) is 144 cm³/mol. The minimum atomic E-state index is -1.11. The molecule has 11 heteroatoms. The second-order valence-electron chi connectivity index (χ2n) is 8.61. The van der Waals surface area contributed by atoms with E-state index in [1.54, 1.807) is 36.4 Å². The molecular weight excluding hydrogens is 520 g/mol. The number of hydrogen-bond donors (Lipinski definition) is 0. The van der Waals surface area contributed by atoms with E-state index in [4.69, 9.17) is 18.9 Å². The number of carbonyl (C=O) groups is 1. The Labute approximate surface area is 228 Å². The van der Waals surface area contributed by atoms with Gasteiger partial charge in [-0.15, -0.1) is 0 Å². The van der Waals surface area contributed by atoms with Crippen LogP contribution in [0.25, 0.3) is 0 Å². The Morgan fingerprint density at radius 1 is 0.650 bits per heavy atom. The maximum Gasteiger partial charge on any atom is 0.519 e. The molecule has 0 saturated heterocycles. The van der Waals surface area contributed by atoms with Crippen LogP contribution in [0.5, 0.6) is 23.0 Å². The quantitative estimate of drug-likeness (QED) is 0.0976. The molecular formula is C29H24N2O9. The van der Waals surface area contributed by atoms with Crippen LogP contribution in [-0.4, -0.2) is 30.2 Å². The average Bonchev–Trinajstić information content (AvgIpc) is 2.94. The highest BCUT2D eigenvalue weighted by Crippen LogP contribution is 2.31. The van der Waals surface area contributed by atoms with Crippen LogP contribution < -0.4 is 18.9 Å². The molecule has 204 valence electrons. The number of hydrogen-bond acceptors (Lipinski definition) is 9. The molecule has 4 aromatic carbocycles. The molecule has 0 heterocycles. The molecule has 0 aliphatic carbocycles. The van der Waals surface area contributed by atoms with Crippen LogP contribution in [-0.2, 0) is 12.8 Å². The largest absolute Gasteiger partial charge is 0.519 e. The zero-order valence-corrected chi connectivity index (χ0v) is 21.6. The summed E-state index contributed by atoms with van der Waals surface area (Å²) in [5.41, 5.74) is 1.95. The number of nitro groups is 2. The Morgan fingerprint density at radius 3 is 1.45 bits per heavy atom. The monoisotopic (exact) mass is 544 g/mol. The highest BCUT2D eigenvalue weighted by Gasteiger charge is 2.19. The van der Waals surface area contributed by atoms with Crippen molar-refractivity contribution in [2.24, 2.45) is 0 Å². The van der Waals surface area contributed by atoms with Crippen molar-refractivity contribution >= 4 is 17.5 Å². The van der Waals surface area contributed by atoms with Crippen LogP contribution in [0.15, 0.2) is 84.9 Å². The summed E-state index contributed by atoms with van der Waals surface area (Å²) in [7, 11) is 3.05. The normalized spacial score (nSPS) is 10.4. The molecule has 0 atom stereocenters. The third-order valence-corrected chi connectivity index (χ3v) is 5.95. The SMILES string of the molecule is COc1cccc(Cc2cc([N+](=O)[O-])ccc2OC(=O)Oc2ccc([N+](=O)[O-])cc2Cc2cccc(OC)c2)c1. The predicted octanol–water partition coefficient (Wildman–Crippen LogP) is 6.28. The molecule has 0 aliphatic heterocycles. The number of rotatable bonds is 10. The van der Waals surface area contributed by atoms with Crippen molar-refractivity contribution in [3.8, 4) is 23.0 Å². The van der Waals surface area contributed by atoms with E-state index in [2.05, 4.69) is 0 Å². The lowest BCUT2D eigenvalue weighted by Crippen LogP contribution is -2.16. The molecule has 0 radical (unpaired) electrons. The van der Waals surface area contributed by atoms with E-state index < -0.39 is 16.0 Å². The first-order chi connectivity index (χ1) is 19.2. The fourth-order valence-corrected chi connectivity index (χ4v) is 4.04. The Hall–Kier alpha value is -5.45. The Morgan fingerprint density at radius 2 is 1.07 bits per heavy atom. The summed E-state index contributed by atoms with van der Waals surface area (Å²) in [5, 5.41) is 22.8. The number of non-ortho nitro benzene ring substituents is 2. The number of methoxy groups -OCH3 is 2. The number of carbonyl (C=O) groups excluding carboxylic acids is 1. The second-order valence-corrected chi connectivity index (χ2v) is 8.61. The van der Waals surface area contributed by atoms with E-state index >= 15 is 0 Å². The van der Waals surface area contributed by atoms with Crippen molar-refractivity contribution in [2.45, 2.75) is 12.8 Å². The van der Waals surface area contributed by atoms with Gasteiger partial charge in [0.2, 0.25) is 0 Å². The van der Waals surface area contributed by atoms with Crippen LogP contribution in [0.3, 0.4) is 0 Å². The molecule has 0 fully saturated rings. The molecule has 0 aromatic heterocycles. The van der Waals surface area contributed by atoms with Gasteiger partial charge in [-0.2, -0.15) is 0 Å². The maximum absolute atomic E-state index is 12.9. The first kappa shape index (κ1) is 27.6. The van der Waals surface area contributed by atoms with Crippen molar-refractivity contribution in [3.05, 3.63) is 127 Å². The number of nitrogens with zero attached hydrogens (tertiary/aromatic N) is 2. The molecule has 4 rings (SSSR count). The van der Waals surface area contributed by atoms with Crippen LogP contribution >= 0.6 is 0 Å². The molecule has 40 heavy (non-hydrogen) atoms. The molecule has 0 aliphatic rings. The zero-order valence-electron chi connectivity index (χ0n) is 21.6. The van der Waals surface area contributed by atoms with Gasteiger partial charge in [0.25, 0.3) is 11.4 Å². The fraction of sp³-hybridized carbons (Fsp3) is 0.138. The molecule has 11 nitrogen and oxygen atoms in total. The van der Waals surface area contributed by atoms with Gasteiger partial charge in [0.1, 0.15) is 23.0 Å². The molecule has 0 N–H and O–H groups in total. The van der Waals surface area contributed by atoms with E-state index in [0.717, 1.165) is 11.1 Å². The lowest BCUT2D eigenvalue weighted by Gasteiger charge is -2.13. The van der Waals surface area contributed by atoms with Crippen molar-refractivity contribution in [1.29, 1.82) is 0 Å². The standard InChI is InChI=1S/C29H24N2O9/c1-37-25-7-3-5-19(15-25)13-21-17-23(30(33)34)9-11-27(21)39-29(32)40-28-12-10-24(31(35)36)18-22(28)14-20-6-4-8-26(16-20)38-2/h3-12,15-18H,13-14H2,1-2H3. The zero-order chi connectivity index (χ0) is 28.6. The van der Waals surface area contributed by atoms with Gasteiger partial charge in [-0.3, -0.25) is 20.2 Å². The first-order valence-corrected chi connectivity index (χ1v) is 12.0. The van der Waals surface area contributed by atoms with Gasteiger partial charge in [-0.1, -0.05) is 24.3 Å². The summed E-state index contributed by atoms with van der Waals surface area (Å²) in [6.45, 7) is 0. The number of benzene rings is 4. The summed E-state index contributed by atoms with van der Waals surface area (Å²) < 4.78 is 21.4. The van der Waals surface area contributed by atoms with E-state index in [1.807, 2.05) is 12.1 Å². The van der Waals surface area contributed by atoms with Crippen LogP contribution in [0, 0.1) is 20.2 Å². The van der Waals surface area contributed by atoms with Crippen molar-refractivity contribution in [3.63, 3.8) is 0 Å². The van der Waals surface area contributed by atoms with Crippen LogP contribution in [0.1, 0.15) is 22.3 Å². The van der Waals surface area contributed by atoms with Crippen molar-refractivity contribution in [1.82, 2.24) is 0 Å². The lowest BCUT2D eigenvalue weighted by molar-refractivity contribution is -0.385. The maximum atomic E-state index is 12.9. The Kier molecular flexibility index (Phi) is 8.55. The highest BCUT2D eigenvalue weighted by molar-refractivity contribution is 5.69. The minimum absolute atomic E-state index is 0.0645. The van der Waals surface area contributed by atoms with Gasteiger partial charge in [0, 0.05) is 48.2 Å². The summed E-state index contributed by atoms with van der Waals surface area (Å²) >= 11 is 0. The van der Waals surface area contributed by atoms with E-state index in [-0.39, 0.29) is 35.7 Å². The highest BCUT2D eigenvalue weighted by atomic mass is 16.7. The van der Waals surface area contributed by atoms with Gasteiger partial charge < -0.3 is 18.9 Å². The van der Waals surface area contributed by atoms with Gasteiger partial charge in [0.05, 0.1) is 24.1 Å². The van der Waals surface area contributed by atoms with E-state index in [1.165, 1.54) is 50.6 Å². The molecule has 0 spiro atoms. The Bertz CT molecular complexity index is 1450. The Balaban J connectivity index is 1.60. The molecule has 4 aromatic rings. The van der Waals surface area contributed by atoms with Crippen molar-refractivity contribution in [2.75, 3.05) is 14.2 Å². The van der Waals surface area contributed by atoms with E-state index in [9.17, 15) is 25.0 Å². The van der Waals surface area contributed by atoms with Gasteiger partial charge >= 0.3 is 6.16 Å². The molecule has 0 amide bonds. The second kappa shape index (κ2) is 12.4. The molecule has 0 bridgehead atoms. The number of nitro benzene ring substituents is 2. The fourth-order valence-electron chi connectivity index (χ4n) is 4.04. The van der Waals surface area contributed by atoms with Gasteiger partial charge in [0.15, 0.2) is 0 Å². The summed E-state index contributed by atoms with van der Waals surface area (Å²) in [6, 6.07) is 22.0. The topological polar surface area (TPSA) is 140 Å². The first-order valence-electron chi connectivity index (χ1n) is 12.0. The van der Waals surface area contributed by atoms with Gasteiger partial charge in [-0.25, -0.2) is 4.79 Å². The summed E-state index contributed by atoms with van der Waals surface area (Å²) in [6.07, 6.45) is -0.693. The molecule has 0 saturated carbocycles. The minimum Gasteiger partial charge on any atom is -0.497 e. The van der Waals surface area contributed by atoms with Crippen LogP contribution in [0.2, 0.25) is 0 Å². The van der Waals surface area contributed by atoms with Crippen molar-refractivity contribution < 1.29 is 33.6 Å². The molecule has 0 unspecified atom stereocenters. The lowest BCUT2D eigenvalue weighted by atomic mass is 10.0.